The Bertz CT molecular complexity index is 345. The maximum absolute atomic E-state index is 10.6. The molecule has 1 fully saturated rings. The molecule has 1 aliphatic carbocycles. The fraction of sp³-hybridized carbons (Fsp3) is 0.600. The van der Waals surface area contributed by atoms with E-state index in [0.29, 0.717) is 12.1 Å². The lowest BCUT2D eigenvalue weighted by atomic mass is 10.0. The third-order valence-electron chi connectivity index (χ3n) is 2.95. The van der Waals surface area contributed by atoms with Gasteiger partial charge in [0.25, 0.3) is 0 Å². The Balaban J connectivity index is 2.07. The first-order valence-electron chi connectivity index (χ1n) is 5.45. The van der Waals surface area contributed by atoms with Crippen LogP contribution in [0.3, 0.4) is 0 Å². The molecule has 1 atom stereocenters. The minimum atomic E-state index is -0.660. The average Bonchev–Trinajstić information content (AvgIpc) is 2.30. The maximum atomic E-state index is 10.6. The number of nitrogens with two attached hydrogens (primary N) is 1. The Kier molecular flexibility index (Phi) is 3.09. The summed E-state index contributed by atoms with van der Waals surface area (Å²) in [7, 11) is 0. The van der Waals surface area contributed by atoms with Gasteiger partial charge in [-0.2, -0.15) is 0 Å². The van der Waals surface area contributed by atoms with Crippen LogP contribution in [-0.4, -0.2) is 42.0 Å². The van der Waals surface area contributed by atoms with Crippen molar-refractivity contribution in [3.63, 3.8) is 0 Å². The van der Waals surface area contributed by atoms with E-state index in [1.54, 1.807) is 6.08 Å². The van der Waals surface area contributed by atoms with Gasteiger partial charge in [0.15, 0.2) is 0 Å². The number of hydrogen-bond acceptors (Lipinski definition) is 5. The lowest BCUT2D eigenvalue weighted by molar-refractivity contribution is -0.508. The van der Waals surface area contributed by atoms with Crippen LogP contribution in [0.15, 0.2) is 23.5 Å². The van der Waals surface area contributed by atoms with Gasteiger partial charge < -0.3 is 16.0 Å². The summed E-state index contributed by atoms with van der Waals surface area (Å²) in [5, 5.41) is 13.9. The zero-order valence-corrected chi connectivity index (χ0v) is 9.06. The Labute approximate surface area is 93.9 Å². The second-order valence-corrected chi connectivity index (χ2v) is 4.04. The molecular formula is C10H16N4O2. The van der Waals surface area contributed by atoms with E-state index < -0.39 is 6.04 Å². The van der Waals surface area contributed by atoms with Gasteiger partial charge in [0.05, 0.1) is 11.4 Å². The molecule has 0 aromatic rings. The first-order valence-corrected chi connectivity index (χ1v) is 5.45. The van der Waals surface area contributed by atoms with Gasteiger partial charge in [-0.25, -0.2) is 0 Å². The Morgan fingerprint density at radius 1 is 1.50 bits per heavy atom. The van der Waals surface area contributed by atoms with Crippen molar-refractivity contribution in [3.05, 3.63) is 33.7 Å². The van der Waals surface area contributed by atoms with Crippen LogP contribution in [0, 0.1) is 10.1 Å². The van der Waals surface area contributed by atoms with Crippen molar-refractivity contribution in [2.45, 2.75) is 12.5 Å². The van der Waals surface area contributed by atoms with Crippen LogP contribution in [0.1, 0.15) is 6.42 Å². The molecule has 0 spiro atoms. The van der Waals surface area contributed by atoms with Crippen LogP contribution in [0.4, 0.5) is 0 Å². The third-order valence-corrected chi connectivity index (χ3v) is 2.95. The normalized spacial score (nSPS) is 26.0. The predicted octanol–water partition coefficient (Wildman–Crippen LogP) is -0.333. The van der Waals surface area contributed by atoms with Crippen molar-refractivity contribution < 1.29 is 4.92 Å². The van der Waals surface area contributed by atoms with Crippen LogP contribution in [0.2, 0.25) is 0 Å². The molecule has 3 N–H and O–H groups in total. The van der Waals surface area contributed by atoms with Crippen LogP contribution in [-0.2, 0) is 0 Å². The third kappa shape index (κ3) is 2.16. The van der Waals surface area contributed by atoms with Gasteiger partial charge >= 0.3 is 0 Å². The van der Waals surface area contributed by atoms with E-state index in [9.17, 15) is 10.1 Å². The van der Waals surface area contributed by atoms with Crippen molar-refractivity contribution in [2.75, 3.05) is 26.2 Å². The molecule has 16 heavy (non-hydrogen) atoms. The first-order chi connectivity index (χ1) is 7.68. The molecule has 0 saturated carbocycles. The van der Waals surface area contributed by atoms with Gasteiger partial charge in [-0.1, -0.05) is 6.08 Å². The van der Waals surface area contributed by atoms with Crippen molar-refractivity contribution in [3.8, 4) is 0 Å². The highest BCUT2D eigenvalue weighted by Gasteiger charge is 2.25. The molecule has 6 nitrogen and oxygen atoms in total. The summed E-state index contributed by atoms with van der Waals surface area (Å²) < 4.78 is 0. The second kappa shape index (κ2) is 4.52. The van der Waals surface area contributed by atoms with Crippen molar-refractivity contribution in [2.24, 2.45) is 5.73 Å². The quantitative estimate of drug-likeness (QED) is 0.495. The second-order valence-electron chi connectivity index (χ2n) is 4.04. The number of nitro groups is 1. The number of nitrogens with one attached hydrogen (secondary N) is 1. The summed E-state index contributed by atoms with van der Waals surface area (Å²) in [5.74, 6) is 0. The molecule has 2 rings (SSSR count). The molecule has 0 amide bonds. The van der Waals surface area contributed by atoms with Crippen LogP contribution in [0.5, 0.6) is 0 Å². The van der Waals surface area contributed by atoms with E-state index in [4.69, 9.17) is 5.73 Å². The molecule has 0 bridgehead atoms. The van der Waals surface area contributed by atoms with Gasteiger partial charge in [-0.05, 0) is 0 Å². The summed E-state index contributed by atoms with van der Waals surface area (Å²) in [6, 6.07) is -0.660. The number of piperazine rings is 1. The Morgan fingerprint density at radius 3 is 2.75 bits per heavy atom. The lowest BCUT2D eigenvalue weighted by Crippen LogP contribution is -2.44. The zero-order valence-electron chi connectivity index (χ0n) is 9.06. The van der Waals surface area contributed by atoms with E-state index in [-0.39, 0.29) is 4.92 Å². The molecule has 1 aliphatic heterocycles. The summed E-state index contributed by atoms with van der Waals surface area (Å²) in [5.41, 5.74) is 7.36. The highest BCUT2D eigenvalue weighted by atomic mass is 16.6. The molecular weight excluding hydrogens is 208 g/mol. The van der Waals surface area contributed by atoms with E-state index in [1.807, 2.05) is 6.08 Å². The molecule has 1 unspecified atom stereocenters. The van der Waals surface area contributed by atoms with Crippen molar-refractivity contribution in [1.29, 1.82) is 0 Å². The van der Waals surface area contributed by atoms with E-state index >= 15 is 0 Å². The highest BCUT2D eigenvalue weighted by molar-refractivity contribution is 5.32. The number of rotatable bonds is 2. The molecule has 0 aromatic heterocycles. The van der Waals surface area contributed by atoms with Gasteiger partial charge in [0.2, 0.25) is 6.04 Å². The zero-order chi connectivity index (χ0) is 11.5. The van der Waals surface area contributed by atoms with E-state index in [2.05, 4.69) is 10.2 Å². The van der Waals surface area contributed by atoms with Crippen LogP contribution >= 0.6 is 0 Å². The van der Waals surface area contributed by atoms with E-state index in [0.717, 1.165) is 31.9 Å². The molecule has 1 heterocycles. The van der Waals surface area contributed by atoms with Crippen molar-refractivity contribution in [1.82, 2.24) is 10.2 Å². The summed E-state index contributed by atoms with van der Waals surface area (Å²) >= 11 is 0. The Morgan fingerprint density at radius 2 is 2.19 bits per heavy atom. The van der Waals surface area contributed by atoms with E-state index in [1.165, 1.54) is 0 Å². The SMILES string of the molecule is NC1=CC([N+](=O)[O-])CC=C1N1CCNCC1. The van der Waals surface area contributed by atoms with Crippen LogP contribution < -0.4 is 11.1 Å². The first kappa shape index (κ1) is 10.9. The molecule has 0 radical (unpaired) electrons. The van der Waals surface area contributed by atoms with Gasteiger partial charge in [0.1, 0.15) is 0 Å². The largest absolute Gasteiger partial charge is 0.397 e. The monoisotopic (exact) mass is 224 g/mol. The van der Waals surface area contributed by atoms with Gasteiger partial charge in [0, 0.05) is 43.6 Å². The molecule has 2 aliphatic rings. The minimum absolute atomic E-state index is 0.294. The fourth-order valence-corrected chi connectivity index (χ4v) is 2.08. The fourth-order valence-electron chi connectivity index (χ4n) is 2.08. The molecule has 6 heteroatoms. The lowest BCUT2D eigenvalue weighted by Gasteiger charge is -2.33. The predicted molar refractivity (Wildman–Crippen MR) is 60.2 cm³/mol. The maximum Gasteiger partial charge on any atom is 0.237 e. The van der Waals surface area contributed by atoms with Gasteiger partial charge in [-0.3, -0.25) is 10.1 Å². The van der Waals surface area contributed by atoms with Crippen molar-refractivity contribution >= 4 is 0 Å². The highest BCUT2D eigenvalue weighted by Crippen LogP contribution is 2.20. The minimum Gasteiger partial charge on any atom is -0.397 e. The standard InChI is InChI=1S/C10H16N4O2/c11-9-7-8(14(15)16)1-2-10(9)13-5-3-12-4-6-13/h2,7-8,12H,1,3-6,11H2. The smallest absolute Gasteiger partial charge is 0.237 e. The van der Waals surface area contributed by atoms with Gasteiger partial charge in [-0.15, -0.1) is 0 Å². The summed E-state index contributed by atoms with van der Waals surface area (Å²) in [6.45, 7) is 3.68. The number of nitrogens with zero attached hydrogens (tertiary/aromatic N) is 2. The molecule has 88 valence electrons. The van der Waals surface area contributed by atoms with Crippen LogP contribution in [0.25, 0.3) is 0 Å². The summed E-state index contributed by atoms with van der Waals surface area (Å²) in [4.78, 5) is 12.5. The topological polar surface area (TPSA) is 84.4 Å². The Hall–Kier alpha value is -1.56. The average molecular weight is 224 g/mol. The molecule has 1 saturated heterocycles. The molecule has 0 aromatic carbocycles. The summed E-state index contributed by atoms with van der Waals surface area (Å²) in [6.07, 6.45) is 3.87. The number of hydrogen-bond donors (Lipinski definition) is 2.